The normalized spacial score (nSPS) is 20.8. The number of carbonyl (C=O) groups excluding carboxylic acids is 2. The lowest BCUT2D eigenvalue weighted by Gasteiger charge is -2.11. The number of carbonyl (C=O) groups is 2. The zero-order valence-corrected chi connectivity index (χ0v) is 8.96. The predicted molar refractivity (Wildman–Crippen MR) is 59.2 cm³/mol. The predicted octanol–water partition coefficient (Wildman–Crippen LogP) is 1.21. The van der Waals surface area contributed by atoms with E-state index >= 15 is 0 Å². The molecule has 4 nitrogen and oxygen atoms in total. The van der Waals surface area contributed by atoms with E-state index in [9.17, 15) is 9.59 Å². The van der Waals surface area contributed by atoms with E-state index in [0.29, 0.717) is 11.3 Å². The van der Waals surface area contributed by atoms with Crippen molar-refractivity contribution in [2.24, 2.45) is 0 Å². The third-order valence-electron chi connectivity index (χ3n) is 3.29. The molecule has 1 heterocycles. The molecule has 2 amide bonds. The van der Waals surface area contributed by atoms with Gasteiger partial charge in [0.2, 0.25) is 5.91 Å². The van der Waals surface area contributed by atoms with Crippen LogP contribution in [0.4, 0.5) is 5.69 Å². The van der Waals surface area contributed by atoms with Crippen LogP contribution in [0, 0.1) is 6.92 Å². The highest BCUT2D eigenvalue weighted by Crippen LogP contribution is 2.39. The molecule has 0 aromatic heterocycles. The average Bonchev–Trinajstić information content (AvgIpc) is 2.98. The molecule has 1 aliphatic carbocycles. The second-order valence-corrected chi connectivity index (χ2v) is 4.49. The minimum atomic E-state index is -0.636. The maximum absolute atomic E-state index is 12.0. The highest BCUT2D eigenvalue weighted by atomic mass is 16.2. The van der Waals surface area contributed by atoms with Gasteiger partial charge in [-0.2, -0.15) is 0 Å². The summed E-state index contributed by atoms with van der Waals surface area (Å²) in [5.41, 5.74) is 1.45. The first kappa shape index (κ1) is 9.39. The van der Waals surface area contributed by atoms with Crippen LogP contribution in [0.25, 0.3) is 0 Å². The summed E-state index contributed by atoms with van der Waals surface area (Å²) in [6.07, 6.45) is 1.47. The van der Waals surface area contributed by atoms with Crippen molar-refractivity contribution in [3.05, 3.63) is 29.3 Å². The molecular weight excluding hydrogens is 204 g/mol. The first-order valence-electron chi connectivity index (χ1n) is 5.36. The Kier molecular flexibility index (Phi) is 1.67. The van der Waals surface area contributed by atoms with Crippen molar-refractivity contribution in [1.29, 1.82) is 0 Å². The molecule has 1 saturated carbocycles. The molecule has 16 heavy (non-hydrogen) atoms. The third kappa shape index (κ3) is 1.16. The van der Waals surface area contributed by atoms with Gasteiger partial charge in [-0.25, -0.2) is 0 Å². The van der Waals surface area contributed by atoms with Crippen molar-refractivity contribution in [1.82, 2.24) is 5.32 Å². The molecule has 1 aliphatic heterocycles. The van der Waals surface area contributed by atoms with Gasteiger partial charge in [-0.05, 0) is 31.4 Å². The van der Waals surface area contributed by atoms with Crippen molar-refractivity contribution in [3.8, 4) is 0 Å². The number of hydrogen-bond acceptors (Lipinski definition) is 2. The lowest BCUT2D eigenvalue weighted by molar-refractivity contribution is -0.118. The van der Waals surface area contributed by atoms with Gasteiger partial charge in [-0.3, -0.25) is 9.59 Å². The Morgan fingerprint density at radius 1 is 1.25 bits per heavy atom. The van der Waals surface area contributed by atoms with E-state index in [-0.39, 0.29) is 11.8 Å². The summed E-state index contributed by atoms with van der Waals surface area (Å²) in [6, 6.07) is 5.48. The quantitative estimate of drug-likeness (QED) is 0.684. The minimum absolute atomic E-state index is 0.0924. The summed E-state index contributed by atoms with van der Waals surface area (Å²) in [4.78, 5) is 23.9. The van der Waals surface area contributed by atoms with E-state index in [0.717, 1.165) is 18.4 Å². The Morgan fingerprint density at radius 2 is 2.00 bits per heavy atom. The Hall–Kier alpha value is -1.84. The topological polar surface area (TPSA) is 58.2 Å². The molecule has 1 fully saturated rings. The van der Waals surface area contributed by atoms with Gasteiger partial charge in [0.1, 0.15) is 5.54 Å². The van der Waals surface area contributed by atoms with Crippen LogP contribution in [0.5, 0.6) is 0 Å². The number of amides is 2. The van der Waals surface area contributed by atoms with Gasteiger partial charge < -0.3 is 10.6 Å². The van der Waals surface area contributed by atoms with E-state index in [1.807, 2.05) is 19.1 Å². The van der Waals surface area contributed by atoms with Gasteiger partial charge in [-0.15, -0.1) is 0 Å². The second-order valence-electron chi connectivity index (χ2n) is 4.49. The van der Waals surface area contributed by atoms with Crippen LogP contribution in [0.15, 0.2) is 18.2 Å². The summed E-state index contributed by atoms with van der Waals surface area (Å²) in [6.45, 7) is 1.87. The SMILES string of the molecule is Cc1cccc2c1C(=O)NC1(CC1)C(=O)N2. The average molecular weight is 216 g/mol. The monoisotopic (exact) mass is 216 g/mol. The van der Waals surface area contributed by atoms with Gasteiger partial charge in [0.25, 0.3) is 5.91 Å². The summed E-state index contributed by atoms with van der Waals surface area (Å²) in [5, 5.41) is 5.65. The Morgan fingerprint density at radius 3 is 2.69 bits per heavy atom. The van der Waals surface area contributed by atoms with Crippen molar-refractivity contribution in [2.45, 2.75) is 25.3 Å². The molecule has 4 heteroatoms. The van der Waals surface area contributed by atoms with E-state index < -0.39 is 5.54 Å². The number of benzene rings is 1. The molecule has 1 spiro atoms. The van der Waals surface area contributed by atoms with Crippen LogP contribution in [-0.4, -0.2) is 17.4 Å². The van der Waals surface area contributed by atoms with Gasteiger partial charge in [0, 0.05) is 0 Å². The number of fused-ring (bicyclic) bond motifs is 1. The van der Waals surface area contributed by atoms with Crippen molar-refractivity contribution < 1.29 is 9.59 Å². The van der Waals surface area contributed by atoms with Gasteiger partial charge >= 0.3 is 0 Å². The zero-order valence-electron chi connectivity index (χ0n) is 8.96. The number of hydrogen-bond donors (Lipinski definition) is 2. The smallest absolute Gasteiger partial charge is 0.254 e. The Balaban J connectivity index is 2.14. The lowest BCUT2D eigenvalue weighted by Crippen LogP contribution is -2.43. The highest BCUT2D eigenvalue weighted by molar-refractivity contribution is 6.13. The molecule has 0 saturated heterocycles. The highest BCUT2D eigenvalue weighted by Gasteiger charge is 2.52. The molecule has 0 atom stereocenters. The zero-order chi connectivity index (χ0) is 11.3. The minimum Gasteiger partial charge on any atom is -0.338 e. The van der Waals surface area contributed by atoms with Gasteiger partial charge in [0.15, 0.2) is 0 Å². The van der Waals surface area contributed by atoms with Crippen LogP contribution in [0.1, 0.15) is 28.8 Å². The maximum Gasteiger partial charge on any atom is 0.254 e. The fourth-order valence-electron chi connectivity index (χ4n) is 2.13. The van der Waals surface area contributed by atoms with E-state index in [1.54, 1.807) is 6.07 Å². The van der Waals surface area contributed by atoms with Crippen molar-refractivity contribution >= 4 is 17.5 Å². The fraction of sp³-hybridized carbons (Fsp3) is 0.333. The molecule has 82 valence electrons. The number of nitrogens with one attached hydrogen (secondary N) is 2. The Labute approximate surface area is 93.0 Å². The third-order valence-corrected chi connectivity index (χ3v) is 3.29. The standard InChI is InChI=1S/C12H12N2O2/c1-7-3-2-4-8-9(7)10(15)14-12(5-6-12)11(16)13-8/h2-4H,5-6H2,1H3,(H,13,16)(H,14,15). The molecule has 0 bridgehead atoms. The fourth-order valence-corrected chi connectivity index (χ4v) is 2.13. The van der Waals surface area contributed by atoms with Crippen LogP contribution in [0.3, 0.4) is 0 Å². The maximum atomic E-state index is 12.0. The van der Waals surface area contributed by atoms with E-state index in [4.69, 9.17) is 0 Å². The number of rotatable bonds is 0. The van der Waals surface area contributed by atoms with Gasteiger partial charge in [-0.1, -0.05) is 12.1 Å². The van der Waals surface area contributed by atoms with Crippen LogP contribution in [0.2, 0.25) is 0 Å². The molecule has 1 aromatic carbocycles. The summed E-state index contributed by atoms with van der Waals surface area (Å²) < 4.78 is 0. The van der Waals surface area contributed by atoms with Gasteiger partial charge in [0.05, 0.1) is 11.3 Å². The molecule has 3 rings (SSSR count). The van der Waals surface area contributed by atoms with Crippen LogP contribution >= 0.6 is 0 Å². The number of aryl methyl sites for hydroxylation is 1. The number of anilines is 1. The Bertz CT molecular complexity index is 504. The molecule has 1 aromatic rings. The molecular formula is C12H12N2O2. The first-order chi connectivity index (χ1) is 7.62. The van der Waals surface area contributed by atoms with E-state index in [2.05, 4.69) is 10.6 Å². The summed E-state index contributed by atoms with van der Waals surface area (Å²) >= 11 is 0. The molecule has 2 aliphatic rings. The largest absolute Gasteiger partial charge is 0.338 e. The van der Waals surface area contributed by atoms with Crippen molar-refractivity contribution in [2.75, 3.05) is 5.32 Å². The van der Waals surface area contributed by atoms with Crippen LogP contribution < -0.4 is 10.6 Å². The van der Waals surface area contributed by atoms with Crippen LogP contribution in [-0.2, 0) is 4.79 Å². The lowest BCUT2D eigenvalue weighted by atomic mass is 10.1. The molecule has 2 N–H and O–H groups in total. The summed E-state index contributed by atoms with van der Waals surface area (Å²) in [5.74, 6) is -0.242. The molecule has 0 radical (unpaired) electrons. The second kappa shape index (κ2) is 2.84. The molecule has 0 unspecified atom stereocenters. The first-order valence-corrected chi connectivity index (χ1v) is 5.36. The summed E-state index contributed by atoms with van der Waals surface area (Å²) in [7, 11) is 0. The van der Waals surface area contributed by atoms with E-state index in [1.165, 1.54) is 0 Å². The van der Waals surface area contributed by atoms with Crippen molar-refractivity contribution in [3.63, 3.8) is 0 Å².